The Morgan fingerprint density at radius 3 is 2.37 bits per heavy atom. The summed E-state index contributed by atoms with van der Waals surface area (Å²) in [6.45, 7) is 2.24. The van der Waals surface area contributed by atoms with Crippen LogP contribution in [-0.2, 0) is 21.2 Å². The molecule has 0 aliphatic carbocycles. The van der Waals surface area contributed by atoms with Gasteiger partial charge in [0.1, 0.15) is 0 Å². The Labute approximate surface area is 204 Å². The molecule has 1 aliphatic rings. The lowest BCUT2D eigenvalue weighted by molar-refractivity contribution is -0.114. The van der Waals surface area contributed by atoms with Crippen molar-refractivity contribution in [3.8, 4) is 11.5 Å². The second kappa shape index (κ2) is 10.1. The zero-order valence-corrected chi connectivity index (χ0v) is 20.2. The van der Waals surface area contributed by atoms with Crippen LogP contribution in [0.25, 0.3) is 6.08 Å². The molecule has 2 N–H and O–H groups in total. The van der Waals surface area contributed by atoms with E-state index in [1.807, 2.05) is 30.3 Å². The number of carbonyl (C=O) groups is 1. The summed E-state index contributed by atoms with van der Waals surface area (Å²) in [5, 5.41) is 10.7. The lowest BCUT2D eigenvalue weighted by Crippen LogP contribution is -2.21. The first-order chi connectivity index (χ1) is 16.8. The van der Waals surface area contributed by atoms with Crippen molar-refractivity contribution in [1.29, 1.82) is 0 Å². The molecule has 35 heavy (non-hydrogen) atoms. The molecule has 0 fully saturated rings. The number of amides is 1. The molecule has 4 rings (SSSR count). The maximum atomic E-state index is 13.0. The first-order valence-corrected chi connectivity index (χ1v) is 12.4. The molecular formula is C26H25N3O5S. The lowest BCUT2D eigenvalue weighted by Gasteiger charge is -2.13. The molecule has 9 heteroatoms. The minimum atomic E-state index is -3.82. The average molecular weight is 492 g/mol. The van der Waals surface area contributed by atoms with Gasteiger partial charge in [-0.2, -0.15) is 10.1 Å². The second-order valence-electron chi connectivity index (χ2n) is 7.89. The van der Waals surface area contributed by atoms with Gasteiger partial charge in [-0.1, -0.05) is 36.4 Å². The van der Waals surface area contributed by atoms with E-state index < -0.39 is 10.0 Å². The van der Waals surface area contributed by atoms with E-state index >= 15 is 0 Å². The number of ether oxygens (including phenoxy) is 2. The Bertz CT molecular complexity index is 1400. The third-order valence-electron chi connectivity index (χ3n) is 5.46. The van der Waals surface area contributed by atoms with E-state index in [1.54, 1.807) is 26.2 Å². The number of benzene rings is 3. The fourth-order valence-corrected chi connectivity index (χ4v) is 4.14. The van der Waals surface area contributed by atoms with Gasteiger partial charge in [0.25, 0.3) is 5.91 Å². The van der Waals surface area contributed by atoms with Crippen molar-refractivity contribution in [3.63, 3.8) is 0 Å². The number of rotatable bonds is 8. The standard InChI is InChI=1S/C26H25N3O5S/c1-18-23(26(30)29(28-18)21-9-11-22(12-10-21)35(27,31)32)16-20-8-13-24(25(17-20)33-2)34-15-14-19-6-4-3-5-7-19/h3-13,16-17H,14-15H2,1-2H3,(H2,27,31,32). The van der Waals surface area contributed by atoms with E-state index in [4.69, 9.17) is 14.6 Å². The van der Waals surface area contributed by atoms with Crippen LogP contribution in [0.3, 0.4) is 0 Å². The highest BCUT2D eigenvalue weighted by atomic mass is 32.2. The van der Waals surface area contributed by atoms with Crippen molar-refractivity contribution in [2.75, 3.05) is 18.7 Å². The maximum absolute atomic E-state index is 13.0. The summed E-state index contributed by atoms with van der Waals surface area (Å²) in [6.07, 6.45) is 2.50. The molecule has 0 atom stereocenters. The minimum absolute atomic E-state index is 0.0393. The number of primary sulfonamides is 1. The van der Waals surface area contributed by atoms with E-state index in [0.717, 1.165) is 12.0 Å². The first kappa shape index (κ1) is 24.2. The highest BCUT2D eigenvalue weighted by Crippen LogP contribution is 2.31. The summed E-state index contributed by atoms with van der Waals surface area (Å²) in [4.78, 5) is 13.0. The summed E-state index contributed by atoms with van der Waals surface area (Å²) >= 11 is 0. The maximum Gasteiger partial charge on any atom is 0.280 e. The molecule has 3 aromatic rings. The van der Waals surface area contributed by atoms with Crippen molar-refractivity contribution in [1.82, 2.24) is 0 Å². The normalized spacial score (nSPS) is 14.8. The van der Waals surface area contributed by atoms with Gasteiger partial charge >= 0.3 is 0 Å². The Hall–Kier alpha value is -3.95. The van der Waals surface area contributed by atoms with Crippen LogP contribution in [0.4, 0.5) is 5.69 Å². The first-order valence-electron chi connectivity index (χ1n) is 10.9. The molecule has 3 aromatic carbocycles. The zero-order valence-electron chi connectivity index (χ0n) is 19.3. The molecule has 0 aromatic heterocycles. The van der Waals surface area contributed by atoms with Gasteiger partial charge < -0.3 is 9.47 Å². The zero-order chi connectivity index (χ0) is 25.0. The third-order valence-corrected chi connectivity index (χ3v) is 6.39. The van der Waals surface area contributed by atoms with Crippen LogP contribution in [0.1, 0.15) is 18.1 Å². The Morgan fingerprint density at radius 1 is 1.00 bits per heavy atom. The van der Waals surface area contributed by atoms with Gasteiger partial charge in [-0.05, 0) is 60.5 Å². The quantitative estimate of drug-likeness (QED) is 0.482. The van der Waals surface area contributed by atoms with Crippen LogP contribution in [-0.4, -0.2) is 33.8 Å². The average Bonchev–Trinajstić information content (AvgIpc) is 3.13. The molecule has 180 valence electrons. The molecule has 8 nitrogen and oxygen atoms in total. The molecule has 0 radical (unpaired) electrons. The highest BCUT2D eigenvalue weighted by molar-refractivity contribution is 7.89. The number of anilines is 1. The molecule has 1 heterocycles. The lowest BCUT2D eigenvalue weighted by atomic mass is 10.1. The number of hydrogen-bond donors (Lipinski definition) is 1. The number of sulfonamides is 1. The van der Waals surface area contributed by atoms with Crippen LogP contribution in [0, 0.1) is 0 Å². The molecule has 0 unspecified atom stereocenters. The van der Waals surface area contributed by atoms with E-state index in [2.05, 4.69) is 17.2 Å². The Kier molecular flexibility index (Phi) is 6.99. The fourth-order valence-electron chi connectivity index (χ4n) is 3.62. The number of methoxy groups -OCH3 is 1. The predicted octanol–water partition coefficient (Wildman–Crippen LogP) is 3.77. The van der Waals surface area contributed by atoms with Crippen molar-refractivity contribution < 1.29 is 22.7 Å². The predicted molar refractivity (Wildman–Crippen MR) is 135 cm³/mol. The Balaban J connectivity index is 1.49. The summed E-state index contributed by atoms with van der Waals surface area (Å²) in [7, 11) is -2.26. The minimum Gasteiger partial charge on any atom is -0.493 e. The van der Waals surface area contributed by atoms with Gasteiger partial charge in [-0.25, -0.2) is 13.6 Å². The SMILES string of the molecule is COc1cc(C=C2C(=O)N(c3ccc(S(N)(=O)=O)cc3)N=C2C)ccc1OCCc1ccccc1. The topological polar surface area (TPSA) is 111 Å². The number of nitrogens with two attached hydrogens (primary N) is 1. The van der Waals surface area contributed by atoms with Crippen molar-refractivity contribution >= 4 is 33.4 Å². The highest BCUT2D eigenvalue weighted by Gasteiger charge is 2.29. The van der Waals surface area contributed by atoms with Gasteiger partial charge in [0.2, 0.25) is 10.0 Å². The largest absolute Gasteiger partial charge is 0.493 e. The molecule has 0 saturated carbocycles. The summed E-state index contributed by atoms with van der Waals surface area (Å²) in [5.41, 5.74) is 3.32. The van der Waals surface area contributed by atoms with Crippen LogP contribution >= 0.6 is 0 Å². The van der Waals surface area contributed by atoms with Gasteiger partial charge in [0.15, 0.2) is 11.5 Å². The van der Waals surface area contributed by atoms with E-state index in [1.165, 1.54) is 34.8 Å². The van der Waals surface area contributed by atoms with Crippen LogP contribution in [0.2, 0.25) is 0 Å². The second-order valence-corrected chi connectivity index (χ2v) is 9.46. The monoisotopic (exact) mass is 491 g/mol. The van der Waals surface area contributed by atoms with Crippen LogP contribution in [0.15, 0.2) is 88.4 Å². The van der Waals surface area contributed by atoms with E-state index in [0.29, 0.717) is 35.1 Å². The van der Waals surface area contributed by atoms with Gasteiger partial charge in [-0.3, -0.25) is 4.79 Å². The molecule has 1 aliphatic heterocycles. The molecule has 0 spiro atoms. The number of nitrogens with zero attached hydrogens (tertiary/aromatic N) is 2. The molecule has 0 bridgehead atoms. The third kappa shape index (κ3) is 5.59. The fraction of sp³-hybridized carbons (Fsp3) is 0.154. The van der Waals surface area contributed by atoms with Gasteiger partial charge in [0, 0.05) is 6.42 Å². The number of hydrazone groups is 1. The van der Waals surface area contributed by atoms with Crippen molar-refractivity contribution in [2.24, 2.45) is 10.2 Å². The van der Waals surface area contributed by atoms with Gasteiger partial charge in [0.05, 0.1) is 35.6 Å². The van der Waals surface area contributed by atoms with Crippen molar-refractivity contribution in [2.45, 2.75) is 18.2 Å². The molecule has 1 amide bonds. The summed E-state index contributed by atoms with van der Waals surface area (Å²) in [6, 6.07) is 21.2. The van der Waals surface area contributed by atoms with E-state index in [-0.39, 0.29) is 10.8 Å². The van der Waals surface area contributed by atoms with E-state index in [9.17, 15) is 13.2 Å². The summed E-state index contributed by atoms with van der Waals surface area (Å²) < 4.78 is 34.4. The molecule has 0 saturated heterocycles. The Morgan fingerprint density at radius 2 is 1.71 bits per heavy atom. The smallest absolute Gasteiger partial charge is 0.280 e. The molecular weight excluding hydrogens is 466 g/mol. The van der Waals surface area contributed by atoms with Crippen LogP contribution in [0.5, 0.6) is 11.5 Å². The van der Waals surface area contributed by atoms with Gasteiger partial charge in [-0.15, -0.1) is 0 Å². The number of hydrogen-bond acceptors (Lipinski definition) is 6. The van der Waals surface area contributed by atoms with Crippen LogP contribution < -0.4 is 19.6 Å². The summed E-state index contributed by atoms with van der Waals surface area (Å²) in [5.74, 6) is 0.848. The van der Waals surface area contributed by atoms with Crippen molar-refractivity contribution in [3.05, 3.63) is 89.5 Å². The number of carbonyl (C=O) groups excluding carboxylic acids is 1.